The van der Waals surface area contributed by atoms with Gasteiger partial charge in [0.05, 0.1) is 4.90 Å². The van der Waals surface area contributed by atoms with Crippen molar-refractivity contribution in [2.75, 3.05) is 10.8 Å². The molecule has 2 aromatic rings. The van der Waals surface area contributed by atoms with Crippen LogP contribution < -0.4 is 9.62 Å². The molecule has 8 heteroatoms. The first-order valence-electron chi connectivity index (χ1n) is 8.75. The minimum absolute atomic E-state index is 0.105. The van der Waals surface area contributed by atoms with E-state index in [1.165, 1.54) is 36.1 Å². The summed E-state index contributed by atoms with van der Waals surface area (Å²) in [6.07, 6.45) is 5.84. The van der Waals surface area contributed by atoms with Crippen molar-refractivity contribution in [1.29, 1.82) is 0 Å². The van der Waals surface area contributed by atoms with E-state index in [0.717, 1.165) is 23.6 Å². The van der Waals surface area contributed by atoms with Crippen molar-refractivity contribution in [3.63, 3.8) is 0 Å². The summed E-state index contributed by atoms with van der Waals surface area (Å²) in [7, 11) is -3.85. The van der Waals surface area contributed by atoms with E-state index in [1.54, 1.807) is 23.6 Å². The SMILES string of the molecule is CC1CCCCC1NC(=O)CN(c1nccs1)S(=O)(=O)c1ccccc1. The Labute approximate surface area is 158 Å². The Morgan fingerprint density at radius 2 is 2.00 bits per heavy atom. The molecule has 0 bridgehead atoms. The molecule has 0 spiro atoms. The number of nitrogens with one attached hydrogen (secondary N) is 1. The molecule has 1 aliphatic carbocycles. The average molecular weight is 394 g/mol. The van der Waals surface area contributed by atoms with E-state index in [9.17, 15) is 13.2 Å². The average Bonchev–Trinajstić information content (AvgIpc) is 3.16. The molecule has 26 heavy (non-hydrogen) atoms. The van der Waals surface area contributed by atoms with Gasteiger partial charge < -0.3 is 5.32 Å². The number of aromatic nitrogens is 1. The summed E-state index contributed by atoms with van der Waals surface area (Å²) >= 11 is 1.20. The van der Waals surface area contributed by atoms with Crippen molar-refractivity contribution in [1.82, 2.24) is 10.3 Å². The van der Waals surface area contributed by atoms with E-state index in [1.807, 2.05) is 0 Å². The molecule has 1 heterocycles. The lowest BCUT2D eigenvalue weighted by Gasteiger charge is -2.30. The zero-order valence-corrected chi connectivity index (χ0v) is 16.3. The summed E-state index contributed by atoms with van der Waals surface area (Å²) in [6.45, 7) is 1.86. The third kappa shape index (κ3) is 4.24. The zero-order chi connectivity index (χ0) is 18.6. The molecule has 1 amide bonds. The highest BCUT2D eigenvalue weighted by Crippen LogP contribution is 2.26. The summed E-state index contributed by atoms with van der Waals surface area (Å²) in [6, 6.07) is 8.24. The molecule has 1 N–H and O–H groups in total. The molecule has 140 valence electrons. The van der Waals surface area contributed by atoms with Crippen LogP contribution in [-0.2, 0) is 14.8 Å². The number of benzene rings is 1. The largest absolute Gasteiger partial charge is 0.352 e. The number of sulfonamides is 1. The highest BCUT2D eigenvalue weighted by atomic mass is 32.2. The van der Waals surface area contributed by atoms with Gasteiger partial charge in [0.15, 0.2) is 5.13 Å². The quantitative estimate of drug-likeness (QED) is 0.818. The van der Waals surface area contributed by atoms with Crippen LogP contribution in [0.25, 0.3) is 0 Å². The molecule has 6 nitrogen and oxygen atoms in total. The minimum atomic E-state index is -3.85. The molecule has 2 unspecified atom stereocenters. The third-order valence-electron chi connectivity index (χ3n) is 4.71. The number of nitrogens with zero attached hydrogens (tertiary/aromatic N) is 2. The zero-order valence-electron chi connectivity index (χ0n) is 14.7. The first-order chi connectivity index (χ1) is 12.5. The molecule has 3 rings (SSSR count). The molecule has 1 aromatic heterocycles. The lowest BCUT2D eigenvalue weighted by Crippen LogP contribution is -2.47. The smallest absolute Gasteiger partial charge is 0.266 e. The van der Waals surface area contributed by atoms with Crippen molar-refractivity contribution in [3.8, 4) is 0 Å². The molecule has 0 aliphatic heterocycles. The fraction of sp³-hybridized carbons (Fsp3) is 0.444. The standard InChI is InChI=1S/C18H23N3O3S2/c1-14-7-5-6-10-16(14)20-17(22)13-21(18-19-11-12-25-18)26(23,24)15-8-3-2-4-9-15/h2-4,8-9,11-12,14,16H,5-7,10,13H2,1H3,(H,20,22). The van der Waals surface area contributed by atoms with Crippen LogP contribution in [0.4, 0.5) is 5.13 Å². The Kier molecular flexibility index (Phi) is 5.93. The van der Waals surface area contributed by atoms with Crippen LogP contribution in [0.3, 0.4) is 0 Å². The van der Waals surface area contributed by atoms with Crippen LogP contribution in [0.1, 0.15) is 32.6 Å². The van der Waals surface area contributed by atoms with Gasteiger partial charge in [0.1, 0.15) is 6.54 Å². The number of rotatable bonds is 6. The maximum absolute atomic E-state index is 13.0. The fourth-order valence-corrected chi connectivity index (χ4v) is 5.49. The highest BCUT2D eigenvalue weighted by Gasteiger charge is 2.30. The van der Waals surface area contributed by atoms with E-state index >= 15 is 0 Å². The second-order valence-corrected chi connectivity index (χ2v) is 9.31. The number of carbonyl (C=O) groups excluding carboxylic acids is 1. The molecule has 1 saturated carbocycles. The van der Waals surface area contributed by atoms with Gasteiger partial charge in [-0.15, -0.1) is 11.3 Å². The Balaban J connectivity index is 1.80. The van der Waals surface area contributed by atoms with Gasteiger partial charge in [-0.05, 0) is 30.9 Å². The van der Waals surface area contributed by atoms with Gasteiger partial charge in [0, 0.05) is 17.6 Å². The first kappa shape index (κ1) is 18.8. The molecule has 1 aliphatic rings. The molecule has 2 atom stereocenters. The maximum atomic E-state index is 13.0. The summed E-state index contributed by atoms with van der Waals surface area (Å²) in [4.78, 5) is 16.9. The summed E-state index contributed by atoms with van der Waals surface area (Å²) in [5, 5.41) is 5.01. The number of amides is 1. The Morgan fingerprint density at radius 3 is 2.65 bits per heavy atom. The van der Waals surface area contributed by atoms with Crippen LogP contribution in [0.5, 0.6) is 0 Å². The fourth-order valence-electron chi connectivity index (χ4n) is 3.23. The van der Waals surface area contributed by atoms with Crippen LogP contribution >= 0.6 is 11.3 Å². The predicted molar refractivity (Wildman–Crippen MR) is 103 cm³/mol. The van der Waals surface area contributed by atoms with Gasteiger partial charge >= 0.3 is 0 Å². The van der Waals surface area contributed by atoms with E-state index in [0.29, 0.717) is 11.0 Å². The van der Waals surface area contributed by atoms with Crippen LogP contribution in [0.15, 0.2) is 46.8 Å². The molecular weight excluding hydrogens is 370 g/mol. The Morgan fingerprint density at radius 1 is 1.27 bits per heavy atom. The van der Waals surface area contributed by atoms with Crippen molar-refractivity contribution in [3.05, 3.63) is 41.9 Å². The number of anilines is 1. The second-order valence-electron chi connectivity index (χ2n) is 6.58. The van der Waals surface area contributed by atoms with Crippen molar-refractivity contribution >= 4 is 32.4 Å². The van der Waals surface area contributed by atoms with E-state index in [4.69, 9.17) is 0 Å². The van der Waals surface area contributed by atoms with Gasteiger partial charge in [-0.3, -0.25) is 4.79 Å². The lowest BCUT2D eigenvalue weighted by molar-refractivity contribution is -0.120. The summed E-state index contributed by atoms with van der Waals surface area (Å²) < 4.78 is 27.2. The molecule has 0 radical (unpaired) electrons. The summed E-state index contributed by atoms with van der Waals surface area (Å²) in [5.41, 5.74) is 0. The molecule has 0 saturated heterocycles. The second kappa shape index (κ2) is 8.18. The normalized spacial score (nSPS) is 20.5. The van der Waals surface area contributed by atoms with Gasteiger partial charge in [-0.25, -0.2) is 17.7 Å². The summed E-state index contributed by atoms with van der Waals surface area (Å²) in [5.74, 6) is 0.116. The van der Waals surface area contributed by atoms with Crippen LogP contribution in [-0.4, -0.2) is 31.9 Å². The maximum Gasteiger partial charge on any atom is 0.266 e. The van der Waals surface area contributed by atoms with Gasteiger partial charge in [-0.1, -0.05) is 38.0 Å². The number of hydrogen-bond donors (Lipinski definition) is 1. The Hall–Kier alpha value is -1.93. The van der Waals surface area contributed by atoms with E-state index in [2.05, 4.69) is 17.2 Å². The Bertz CT molecular complexity index is 823. The van der Waals surface area contributed by atoms with Crippen molar-refractivity contribution in [2.24, 2.45) is 5.92 Å². The molecule has 1 aromatic carbocycles. The van der Waals surface area contributed by atoms with Crippen LogP contribution in [0.2, 0.25) is 0 Å². The number of carbonyl (C=O) groups is 1. The van der Waals surface area contributed by atoms with Gasteiger partial charge in [-0.2, -0.15) is 0 Å². The van der Waals surface area contributed by atoms with Gasteiger partial charge in [0.25, 0.3) is 10.0 Å². The monoisotopic (exact) mass is 393 g/mol. The topological polar surface area (TPSA) is 79.4 Å². The predicted octanol–water partition coefficient (Wildman–Crippen LogP) is 3.03. The first-order valence-corrected chi connectivity index (χ1v) is 11.1. The lowest BCUT2D eigenvalue weighted by atomic mass is 9.86. The molecular formula is C18H23N3O3S2. The van der Waals surface area contributed by atoms with E-state index < -0.39 is 10.0 Å². The van der Waals surface area contributed by atoms with Crippen molar-refractivity contribution < 1.29 is 13.2 Å². The van der Waals surface area contributed by atoms with Crippen LogP contribution in [0, 0.1) is 5.92 Å². The third-order valence-corrected chi connectivity index (χ3v) is 7.37. The highest BCUT2D eigenvalue weighted by molar-refractivity contribution is 7.93. The minimum Gasteiger partial charge on any atom is -0.352 e. The number of hydrogen-bond acceptors (Lipinski definition) is 5. The van der Waals surface area contributed by atoms with E-state index in [-0.39, 0.29) is 23.4 Å². The van der Waals surface area contributed by atoms with Crippen molar-refractivity contribution in [2.45, 2.75) is 43.5 Å². The van der Waals surface area contributed by atoms with Gasteiger partial charge in [0.2, 0.25) is 5.91 Å². The molecule has 1 fully saturated rings. The number of thiazole rings is 1.